The maximum absolute atomic E-state index is 8.64. The Morgan fingerprint density at radius 3 is 2.29 bits per heavy atom. The Kier molecular flexibility index (Phi) is 13.9. The second-order valence-electron chi connectivity index (χ2n) is 4.98. The number of hydrogen-bond donors (Lipinski definition) is 1. The molecule has 0 aromatic heterocycles. The predicted octanol–water partition coefficient (Wildman–Crippen LogP) is 4.16. The third-order valence-electron chi connectivity index (χ3n) is 3.34. The molecule has 1 atom stereocenters. The van der Waals surface area contributed by atoms with Crippen molar-refractivity contribution in [3.8, 4) is 0 Å². The van der Waals surface area contributed by atoms with E-state index in [4.69, 9.17) is 9.84 Å². The second-order valence-corrected chi connectivity index (χ2v) is 4.98. The summed E-state index contributed by atoms with van der Waals surface area (Å²) in [6, 6.07) is 0. The Morgan fingerprint density at radius 1 is 0.941 bits per heavy atom. The largest absolute Gasteiger partial charge is 0.396 e. The third-order valence-corrected chi connectivity index (χ3v) is 3.34. The first-order valence-electron chi connectivity index (χ1n) is 7.53. The monoisotopic (exact) mass is 244 g/mol. The van der Waals surface area contributed by atoms with Gasteiger partial charge in [0.15, 0.2) is 0 Å². The van der Waals surface area contributed by atoms with Crippen molar-refractivity contribution in [1.82, 2.24) is 0 Å². The molecular formula is C15H32O2. The second kappa shape index (κ2) is 14.0. The molecule has 0 spiro atoms. The SMILES string of the molecule is CCCCC(CC)COCCCCCCCO. The van der Waals surface area contributed by atoms with Crippen molar-refractivity contribution in [2.45, 2.75) is 71.6 Å². The van der Waals surface area contributed by atoms with E-state index in [0.717, 1.165) is 32.0 Å². The summed E-state index contributed by atoms with van der Waals surface area (Å²) in [7, 11) is 0. The van der Waals surface area contributed by atoms with E-state index in [1.807, 2.05) is 0 Å². The van der Waals surface area contributed by atoms with Crippen molar-refractivity contribution in [3.05, 3.63) is 0 Å². The van der Waals surface area contributed by atoms with E-state index < -0.39 is 0 Å². The fraction of sp³-hybridized carbons (Fsp3) is 1.00. The van der Waals surface area contributed by atoms with Crippen LogP contribution in [0.2, 0.25) is 0 Å². The van der Waals surface area contributed by atoms with Gasteiger partial charge in [-0.3, -0.25) is 0 Å². The minimum Gasteiger partial charge on any atom is -0.396 e. The summed E-state index contributed by atoms with van der Waals surface area (Å²) < 4.78 is 5.74. The number of aliphatic hydroxyl groups excluding tert-OH is 1. The Bertz CT molecular complexity index is 137. The van der Waals surface area contributed by atoms with Gasteiger partial charge in [0.25, 0.3) is 0 Å². The predicted molar refractivity (Wildman–Crippen MR) is 74.3 cm³/mol. The van der Waals surface area contributed by atoms with Gasteiger partial charge in [0, 0.05) is 19.8 Å². The van der Waals surface area contributed by atoms with E-state index in [0.29, 0.717) is 6.61 Å². The lowest BCUT2D eigenvalue weighted by Gasteiger charge is -2.14. The Hall–Kier alpha value is -0.0800. The number of ether oxygens (including phenoxy) is 1. The molecule has 0 radical (unpaired) electrons. The van der Waals surface area contributed by atoms with Gasteiger partial charge in [-0.2, -0.15) is 0 Å². The molecule has 1 N–H and O–H groups in total. The fourth-order valence-electron chi connectivity index (χ4n) is 1.99. The van der Waals surface area contributed by atoms with E-state index in [1.54, 1.807) is 0 Å². The average molecular weight is 244 g/mol. The van der Waals surface area contributed by atoms with Crippen LogP contribution < -0.4 is 0 Å². The highest BCUT2D eigenvalue weighted by atomic mass is 16.5. The maximum Gasteiger partial charge on any atom is 0.0494 e. The topological polar surface area (TPSA) is 29.5 Å². The summed E-state index contributed by atoms with van der Waals surface area (Å²) in [5.74, 6) is 0.768. The summed E-state index contributed by atoms with van der Waals surface area (Å²) in [4.78, 5) is 0. The summed E-state index contributed by atoms with van der Waals surface area (Å²) in [5, 5.41) is 8.64. The van der Waals surface area contributed by atoms with Crippen molar-refractivity contribution >= 4 is 0 Å². The quantitative estimate of drug-likeness (QED) is 0.493. The number of unbranched alkanes of at least 4 members (excludes halogenated alkanes) is 5. The molecule has 17 heavy (non-hydrogen) atoms. The Labute approximate surface area is 108 Å². The highest BCUT2D eigenvalue weighted by molar-refractivity contribution is 4.56. The molecule has 0 aromatic rings. The van der Waals surface area contributed by atoms with Gasteiger partial charge < -0.3 is 9.84 Å². The van der Waals surface area contributed by atoms with Crippen LogP contribution >= 0.6 is 0 Å². The van der Waals surface area contributed by atoms with Crippen LogP contribution in [0.25, 0.3) is 0 Å². The molecule has 0 saturated heterocycles. The summed E-state index contributed by atoms with van der Waals surface area (Å²) in [6.07, 6.45) is 11.0. The molecule has 0 bridgehead atoms. The molecule has 1 unspecified atom stereocenters. The summed E-state index contributed by atoms with van der Waals surface area (Å²) in [5.41, 5.74) is 0. The molecule has 0 aromatic carbocycles. The molecule has 2 nitrogen and oxygen atoms in total. The number of rotatable bonds is 13. The lowest BCUT2D eigenvalue weighted by Crippen LogP contribution is -2.09. The number of aliphatic hydroxyl groups is 1. The van der Waals surface area contributed by atoms with Gasteiger partial charge >= 0.3 is 0 Å². The summed E-state index contributed by atoms with van der Waals surface area (Å²) >= 11 is 0. The molecule has 2 heteroatoms. The normalized spacial score (nSPS) is 12.9. The van der Waals surface area contributed by atoms with Crippen LogP contribution in [0.5, 0.6) is 0 Å². The molecule has 0 heterocycles. The third kappa shape index (κ3) is 12.2. The van der Waals surface area contributed by atoms with E-state index >= 15 is 0 Å². The van der Waals surface area contributed by atoms with Gasteiger partial charge in [-0.25, -0.2) is 0 Å². The Balaban J connectivity index is 3.19. The maximum atomic E-state index is 8.64. The van der Waals surface area contributed by atoms with Crippen molar-refractivity contribution < 1.29 is 9.84 Å². The van der Waals surface area contributed by atoms with Crippen molar-refractivity contribution in [2.75, 3.05) is 19.8 Å². The molecule has 104 valence electrons. The van der Waals surface area contributed by atoms with Gasteiger partial charge in [-0.1, -0.05) is 52.4 Å². The lowest BCUT2D eigenvalue weighted by molar-refractivity contribution is 0.0907. The average Bonchev–Trinajstić information content (AvgIpc) is 2.36. The molecular weight excluding hydrogens is 212 g/mol. The summed E-state index contributed by atoms with van der Waals surface area (Å²) in [6.45, 7) is 6.72. The van der Waals surface area contributed by atoms with Crippen LogP contribution in [-0.4, -0.2) is 24.9 Å². The van der Waals surface area contributed by atoms with Crippen molar-refractivity contribution in [1.29, 1.82) is 0 Å². The molecule has 0 rings (SSSR count). The van der Waals surface area contributed by atoms with E-state index in [1.165, 1.54) is 44.9 Å². The zero-order chi connectivity index (χ0) is 12.8. The fourth-order valence-corrected chi connectivity index (χ4v) is 1.99. The van der Waals surface area contributed by atoms with E-state index in [9.17, 15) is 0 Å². The lowest BCUT2D eigenvalue weighted by atomic mass is 10.0. The highest BCUT2D eigenvalue weighted by Gasteiger charge is 2.05. The van der Waals surface area contributed by atoms with Crippen LogP contribution in [-0.2, 0) is 4.74 Å². The smallest absolute Gasteiger partial charge is 0.0494 e. The molecule has 0 saturated carbocycles. The van der Waals surface area contributed by atoms with Gasteiger partial charge in [0.05, 0.1) is 0 Å². The Morgan fingerprint density at radius 2 is 1.65 bits per heavy atom. The molecule has 0 aliphatic rings. The standard InChI is InChI=1S/C15H32O2/c1-3-5-11-15(4-2)14-17-13-10-8-6-7-9-12-16/h15-16H,3-14H2,1-2H3. The highest BCUT2D eigenvalue weighted by Crippen LogP contribution is 2.13. The van der Waals surface area contributed by atoms with Crippen LogP contribution in [0.4, 0.5) is 0 Å². The van der Waals surface area contributed by atoms with Crippen LogP contribution in [0, 0.1) is 5.92 Å². The van der Waals surface area contributed by atoms with Gasteiger partial charge in [-0.15, -0.1) is 0 Å². The molecule has 0 fully saturated rings. The molecule has 0 aliphatic heterocycles. The first-order valence-corrected chi connectivity index (χ1v) is 7.53. The van der Waals surface area contributed by atoms with Gasteiger partial charge in [-0.05, 0) is 25.2 Å². The van der Waals surface area contributed by atoms with Gasteiger partial charge in [0.1, 0.15) is 0 Å². The van der Waals surface area contributed by atoms with Crippen LogP contribution in [0.3, 0.4) is 0 Å². The van der Waals surface area contributed by atoms with Crippen molar-refractivity contribution in [2.24, 2.45) is 5.92 Å². The molecule has 0 amide bonds. The zero-order valence-electron chi connectivity index (χ0n) is 11.9. The van der Waals surface area contributed by atoms with Crippen molar-refractivity contribution in [3.63, 3.8) is 0 Å². The number of hydrogen-bond acceptors (Lipinski definition) is 2. The van der Waals surface area contributed by atoms with Crippen LogP contribution in [0.15, 0.2) is 0 Å². The minimum absolute atomic E-state index is 0.339. The minimum atomic E-state index is 0.339. The van der Waals surface area contributed by atoms with E-state index in [-0.39, 0.29) is 0 Å². The first-order chi connectivity index (χ1) is 8.35. The zero-order valence-corrected chi connectivity index (χ0v) is 11.9. The molecule has 0 aliphatic carbocycles. The first kappa shape index (κ1) is 16.9. The van der Waals surface area contributed by atoms with Gasteiger partial charge in [0.2, 0.25) is 0 Å². The van der Waals surface area contributed by atoms with E-state index in [2.05, 4.69) is 13.8 Å². The van der Waals surface area contributed by atoms with Crippen LogP contribution in [0.1, 0.15) is 71.6 Å².